The van der Waals surface area contributed by atoms with E-state index >= 15 is 0 Å². The van der Waals surface area contributed by atoms with Crippen LogP contribution >= 0.6 is 11.6 Å². The Morgan fingerprint density at radius 3 is 2.05 bits per heavy atom. The molecule has 0 aliphatic rings. The third kappa shape index (κ3) is 3.13. The fourth-order valence-corrected chi connectivity index (χ4v) is 1.94. The van der Waals surface area contributed by atoms with Gasteiger partial charge in [0.2, 0.25) is 0 Å². The number of hydrogen-bond acceptors (Lipinski definition) is 3. The lowest BCUT2D eigenvalue weighted by molar-refractivity contribution is 0.103. The van der Waals surface area contributed by atoms with Crippen LogP contribution in [0.25, 0.3) is 0 Å². The summed E-state index contributed by atoms with van der Waals surface area (Å²) in [6.45, 7) is 0. The van der Waals surface area contributed by atoms with Gasteiger partial charge in [0.05, 0.1) is 24.8 Å². The lowest BCUT2D eigenvalue weighted by Crippen LogP contribution is -2.06. The third-order valence-electron chi connectivity index (χ3n) is 2.87. The summed E-state index contributed by atoms with van der Waals surface area (Å²) in [6, 6.07) is 5.93. The van der Waals surface area contributed by atoms with E-state index in [1.165, 1.54) is 26.4 Å². The molecule has 2 aromatic rings. The second-order valence-electron chi connectivity index (χ2n) is 4.18. The molecule has 0 unspecified atom stereocenters. The summed E-state index contributed by atoms with van der Waals surface area (Å²) < 4.78 is 37.3. The molecule has 0 amide bonds. The number of hydrogen-bond donors (Lipinski definition) is 0. The number of halogens is 3. The Hall–Kier alpha value is -2.14. The van der Waals surface area contributed by atoms with Gasteiger partial charge in [0, 0.05) is 11.6 Å². The van der Waals surface area contributed by atoms with E-state index in [0.29, 0.717) is 11.5 Å². The molecule has 0 saturated carbocycles. The average Bonchev–Trinajstić information content (AvgIpc) is 2.49. The zero-order chi connectivity index (χ0) is 15.6. The highest BCUT2D eigenvalue weighted by atomic mass is 35.5. The summed E-state index contributed by atoms with van der Waals surface area (Å²) >= 11 is 5.47. The van der Waals surface area contributed by atoms with Crippen molar-refractivity contribution in [3.05, 3.63) is 58.1 Å². The highest BCUT2D eigenvalue weighted by Gasteiger charge is 2.18. The van der Waals surface area contributed by atoms with Gasteiger partial charge in [0.1, 0.15) is 23.1 Å². The SMILES string of the molecule is COc1cc(OC)cc(C(=O)c2cc(F)c(Cl)cc2F)c1. The highest BCUT2D eigenvalue weighted by molar-refractivity contribution is 6.30. The largest absolute Gasteiger partial charge is 0.497 e. The average molecular weight is 313 g/mol. The topological polar surface area (TPSA) is 35.5 Å². The van der Waals surface area contributed by atoms with E-state index in [1.54, 1.807) is 6.07 Å². The molecule has 0 heterocycles. The third-order valence-corrected chi connectivity index (χ3v) is 3.16. The molecule has 6 heteroatoms. The number of rotatable bonds is 4. The Balaban J connectivity index is 2.52. The van der Waals surface area contributed by atoms with Crippen molar-refractivity contribution in [3.8, 4) is 11.5 Å². The van der Waals surface area contributed by atoms with E-state index in [-0.39, 0.29) is 10.6 Å². The molecule has 0 aromatic heterocycles. The molecular formula is C15H11ClF2O3. The molecule has 2 aromatic carbocycles. The summed E-state index contributed by atoms with van der Waals surface area (Å²) in [5, 5.41) is -0.382. The van der Waals surface area contributed by atoms with Gasteiger partial charge in [-0.05, 0) is 24.3 Å². The molecule has 2 rings (SSSR count). The fraction of sp³-hybridized carbons (Fsp3) is 0.133. The lowest BCUT2D eigenvalue weighted by Gasteiger charge is -2.09. The molecular weight excluding hydrogens is 302 g/mol. The molecule has 0 fully saturated rings. The number of ketones is 1. The van der Waals surface area contributed by atoms with Crippen molar-refractivity contribution in [2.45, 2.75) is 0 Å². The van der Waals surface area contributed by atoms with Crippen LogP contribution < -0.4 is 9.47 Å². The zero-order valence-electron chi connectivity index (χ0n) is 11.2. The molecule has 0 N–H and O–H groups in total. The highest BCUT2D eigenvalue weighted by Crippen LogP contribution is 2.26. The number of carbonyl (C=O) groups excluding carboxylic acids is 1. The van der Waals surface area contributed by atoms with Crippen LogP contribution in [0.5, 0.6) is 11.5 Å². The van der Waals surface area contributed by atoms with Crippen molar-refractivity contribution < 1.29 is 23.0 Å². The Bertz CT molecular complexity index is 679. The molecule has 3 nitrogen and oxygen atoms in total. The predicted molar refractivity (Wildman–Crippen MR) is 74.3 cm³/mol. The van der Waals surface area contributed by atoms with Crippen LogP contribution in [-0.4, -0.2) is 20.0 Å². The maximum atomic E-state index is 13.8. The van der Waals surface area contributed by atoms with Crippen LogP contribution in [0.2, 0.25) is 5.02 Å². The summed E-state index contributed by atoms with van der Waals surface area (Å²) in [5.74, 6) is -1.72. The van der Waals surface area contributed by atoms with E-state index in [9.17, 15) is 13.6 Å². The molecule has 0 aliphatic heterocycles. The van der Waals surface area contributed by atoms with Crippen LogP contribution in [0.1, 0.15) is 15.9 Å². The normalized spacial score (nSPS) is 10.3. The first-order valence-corrected chi connectivity index (χ1v) is 6.26. The van der Waals surface area contributed by atoms with Crippen molar-refractivity contribution in [1.29, 1.82) is 0 Å². The van der Waals surface area contributed by atoms with Crippen LogP contribution in [0.15, 0.2) is 30.3 Å². The predicted octanol–water partition coefficient (Wildman–Crippen LogP) is 3.87. The van der Waals surface area contributed by atoms with E-state index in [1.807, 2.05) is 0 Å². The van der Waals surface area contributed by atoms with Gasteiger partial charge < -0.3 is 9.47 Å². The Morgan fingerprint density at radius 2 is 1.52 bits per heavy atom. The second kappa shape index (κ2) is 6.10. The van der Waals surface area contributed by atoms with E-state index in [2.05, 4.69) is 0 Å². The van der Waals surface area contributed by atoms with Gasteiger partial charge in [-0.1, -0.05) is 11.6 Å². The van der Waals surface area contributed by atoms with Crippen molar-refractivity contribution in [3.63, 3.8) is 0 Å². The maximum absolute atomic E-state index is 13.8. The minimum absolute atomic E-state index is 0.117. The molecule has 0 spiro atoms. The maximum Gasteiger partial charge on any atom is 0.196 e. The van der Waals surface area contributed by atoms with Crippen LogP contribution in [0.4, 0.5) is 8.78 Å². The number of carbonyl (C=O) groups is 1. The van der Waals surface area contributed by atoms with Crippen molar-refractivity contribution in [1.82, 2.24) is 0 Å². The lowest BCUT2D eigenvalue weighted by atomic mass is 10.0. The first-order valence-electron chi connectivity index (χ1n) is 5.88. The van der Waals surface area contributed by atoms with Gasteiger partial charge in [-0.2, -0.15) is 0 Å². The van der Waals surface area contributed by atoms with Gasteiger partial charge >= 0.3 is 0 Å². The van der Waals surface area contributed by atoms with Crippen LogP contribution in [0, 0.1) is 11.6 Å². The summed E-state index contributed by atoms with van der Waals surface area (Å²) in [4.78, 5) is 12.3. The van der Waals surface area contributed by atoms with Gasteiger partial charge in [0.15, 0.2) is 5.78 Å². The standard InChI is InChI=1S/C15H11ClF2O3/c1-20-9-3-8(4-10(5-9)21-2)15(19)11-6-14(18)12(16)7-13(11)17/h3-7H,1-2H3. The van der Waals surface area contributed by atoms with Crippen molar-refractivity contribution >= 4 is 17.4 Å². The Kier molecular flexibility index (Phi) is 4.43. The minimum Gasteiger partial charge on any atom is -0.497 e. The number of benzene rings is 2. The van der Waals surface area contributed by atoms with Gasteiger partial charge in [-0.3, -0.25) is 4.79 Å². The summed E-state index contributed by atoms with van der Waals surface area (Å²) in [7, 11) is 2.84. The van der Waals surface area contributed by atoms with Crippen LogP contribution in [-0.2, 0) is 0 Å². The van der Waals surface area contributed by atoms with Crippen LogP contribution in [0.3, 0.4) is 0 Å². The fourth-order valence-electron chi connectivity index (χ4n) is 1.79. The van der Waals surface area contributed by atoms with E-state index in [4.69, 9.17) is 21.1 Å². The van der Waals surface area contributed by atoms with Gasteiger partial charge in [0.25, 0.3) is 0 Å². The molecule has 0 bridgehead atoms. The summed E-state index contributed by atoms with van der Waals surface area (Å²) in [5.41, 5.74) is -0.293. The quantitative estimate of drug-likeness (QED) is 0.635. The monoisotopic (exact) mass is 312 g/mol. The zero-order valence-corrected chi connectivity index (χ0v) is 12.0. The molecule has 0 aliphatic carbocycles. The molecule has 0 saturated heterocycles. The summed E-state index contributed by atoms with van der Waals surface area (Å²) in [6.07, 6.45) is 0. The first-order chi connectivity index (χ1) is 9.96. The molecule has 21 heavy (non-hydrogen) atoms. The molecule has 0 radical (unpaired) electrons. The van der Waals surface area contributed by atoms with E-state index < -0.39 is 23.0 Å². The smallest absolute Gasteiger partial charge is 0.196 e. The van der Waals surface area contributed by atoms with Crippen molar-refractivity contribution in [2.75, 3.05) is 14.2 Å². The Labute approximate surface area is 125 Å². The van der Waals surface area contributed by atoms with Gasteiger partial charge in [-0.15, -0.1) is 0 Å². The Morgan fingerprint density at radius 1 is 0.952 bits per heavy atom. The molecule has 110 valence electrons. The first kappa shape index (κ1) is 15.3. The number of methoxy groups -OCH3 is 2. The second-order valence-corrected chi connectivity index (χ2v) is 4.58. The van der Waals surface area contributed by atoms with Gasteiger partial charge in [-0.25, -0.2) is 8.78 Å². The van der Waals surface area contributed by atoms with E-state index in [0.717, 1.165) is 12.1 Å². The van der Waals surface area contributed by atoms with Crippen molar-refractivity contribution in [2.24, 2.45) is 0 Å². The minimum atomic E-state index is -0.895. The molecule has 0 atom stereocenters. The number of ether oxygens (including phenoxy) is 2.